The van der Waals surface area contributed by atoms with Crippen LogP contribution in [0.2, 0.25) is 0 Å². The predicted molar refractivity (Wildman–Crippen MR) is 94.8 cm³/mol. The number of benzene rings is 2. The lowest BCUT2D eigenvalue weighted by Gasteiger charge is -2.18. The van der Waals surface area contributed by atoms with Crippen molar-refractivity contribution >= 4 is 34.4 Å². The Labute approximate surface area is 155 Å². The zero-order valence-electron chi connectivity index (χ0n) is 12.8. The third-order valence-electron chi connectivity index (χ3n) is 3.48. The first kappa shape index (κ1) is 19.2. The van der Waals surface area contributed by atoms with Crippen molar-refractivity contribution in [3.63, 3.8) is 0 Å². The first-order valence-corrected chi connectivity index (χ1v) is 8.27. The molecule has 25 heavy (non-hydrogen) atoms. The van der Waals surface area contributed by atoms with Crippen molar-refractivity contribution in [2.75, 3.05) is 0 Å². The van der Waals surface area contributed by atoms with Gasteiger partial charge in [-0.15, -0.1) is 0 Å². The minimum absolute atomic E-state index is 0.0895. The molecule has 4 nitrogen and oxygen atoms in total. The molecule has 2 amide bonds. The Morgan fingerprint density at radius 2 is 1.68 bits per heavy atom. The summed E-state index contributed by atoms with van der Waals surface area (Å²) in [4.78, 5) is 23.9. The SMILES string of the molecule is NC(=O)[C@@H](Cc1ccc(I)cc1)NC(=O)c1ccccc1C(F)(F)F. The summed E-state index contributed by atoms with van der Waals surface area (Å²) >= 11 is 2.11. The summed E-state index contributed by atoms with van der Waals surface area (Å²) in [6, 6.07) is 10.4. The van der Waals surface area contributed by atoms with Crippen molar-refractivity contribution in [2.45, 2.75) is 18.6 Å². The van der Waals surface area contributed by atoms with Crippen molar-refractivity contribution in [3.8, 4) is 0 Å². The van der Waals surface area contributed by atoms with E-state index >= 15 is 0 Å². The standard InChI is InChI=1S/C17H14F3IN2O2/c18-17(19,20)13-4-2-1-3-12(13)16(25)23-14(15(22)24)9-10-5-7-11(21)8-6-10/h1-8,14H,9H2,(H2,22,24)(H,23,25)/t14-/m1/s1. The number of primary amides is 1. The number of amides is 2. The fourth-order valence-electron chi connectivity index (χ4n) is 2.24. The lowest BCUT2D eigenvalue weighted by atomic mass is 10.0. The van der Waals surface area contributed by atoms with Gasteiger partial charge in [0.15, 0.2) is 0 Å². The van der Waals surface area contributed by atoms with Gasteiger partial charge in [0, 0.05) is 9.99 Å². The number of carbonyl (C=O) groups is 2. The van der Waals surface area contributed by atoms with Gasteiger partial charge in [0.25, 0.3) is 5.91 Å². The van der Waals surface area contributed by atoms with Crippen LogP contribution in [-0.2, 0) is 17.4 Å². The molecule has 2 aromatic carbocycles. The van der Waals surface area contributed by atoms with Gasteiger partial charge in [-0.1, -0.05) is 24.3 Å². The molecule has 0 fully saturated rings. The third-order valence-corrected chi connectivity index (χ3v) is 4.20. The molecule has 8 heteroatoms. The first-order valence-electron chi connectivity index (χ1n) is 7.19. The van der Waals surface area contributed by atoms with Crippen LogP contribution in [0.3, 0.4) is 0 Å². The van der Waals surface area contributed by atoms with Gasteiger partial charge in [-0.05, 0) is 52.4 Å². The molecular formula is C17H14F3IN2O2. The van der Waals surface area contributed by atoms with Crippen molar-refractivity contribution in [1.29, 1.82) is 0 Å². The van der Waals surface area contributed by atoms with Crippen LogP contribution in [0.1, 0.15) is 21.5 Å². The Kier molecular flexibility index (Phi) is 6.04. The van der Waals surface area contributed by atoms with Crippen LogP contribution < -0.4 is 11.1 Å². The molecule has 1 atom stereocenters. The number of alkyl halides is 3. The number of halogens is 4. The molecule has 0 spiro atoms. The minimum atomic E-state index is -4.67. The summed E-state index contributed by atoms with van der Waals surface area (Å²) in [7, 11) is 0. The van der Waals surface area contributed by atoms with Gasteiger partial charge in [-0.2, -0.15) is 13.2 Å². The summed E-state index contributed by atoms with van der Waals surface area (Å²) in [5.74, 6) is -1.82. The fourth-order valence-corrected chi connectivity index (χ4v) is 2.60. The molecule has 0 saturated heterocycles. The summed E-state index contributed by atoms with van der Waals surface area (Å²) in [6.07, 6.45) is -4.58. The molecule has 0 aliphatic rings. The zero-order valence-corrected chi connectivity index (χ0v) is 15.0. The Bertz CT molecular complexity index is 776. The molecule has 0 aliphatic carbocycles. The van der Waals surface area contributed by atoms with Crippen LogP contribution in [0.15, 0.2) is 48.5 Å². The third kappa shape index (κ3) is 5.18. The Balaban J connectivity index is 2.21. The van der Waals surface area contributed by atoms with Gasteiger partial charge in [-0.3, -0.25) is 9.59 Å². The molecule has 2 aromatic rings. The highest BCUT2D eigenvalue weighted by molar-refractivity contribution is 14.1. The monoisotopic (exact) mass is 462 g/mol. The van der Waals surface area contributed by atoms with Gasteiger partial charge in [0.2, 0.25) is 5.91 Å². The number of nitrogens with two attached hydrogens (primary N) is 1. The smallest absolute Gasteiger partial charge is 0.368 e. The normalized spacial score (nSPS) is 12.5. The molecule has 2 rings (SSSR count). The maximum absolute atomic E-state index is 13.0. The van der Waals surface area contributed by atoms with Gasteiger partial charge in [-0.25, -0.2) is 0 Å². The molecule has 0 heterocycles. The van der Waals surface area contributed by atoms with E-state index in [1.165, 1.54) is 12.1 Å². The highest BCUT2D eigenvalue weighted by Crippen LogP contribution is 2.31. The largest absolute Gasteiger partial charge is 0.417 e. The van der Waals surface area contributed by atoms with Crippen LogP contribution >= 0.6 is 22.6 Å². The first-order chi connectivity index (χ1) is 11.7. The highest BCUT2D eigenvalue weighted by Gasteiger charge is 2.35. The van der Waals surface area contributed by atoms with E-state index in [2.05, 4.69) is 27.9 Å². The van der Waals surface area contributed by atoms with Crippen LogP contribution in [0.4, 0.5) is 13.2 Å². The van der Waals surface area contributed by atoms with Crippen molar-refractivity contribution in [2.24, 2.45) is 5.73 Å². The van der Waals surface area contributed by atoms with Gasteiger partial charge < -0.3 is 11.1 Å². The quantitative estimate of drug-likeness (QED) is 0.671. The molecule has 0 radical (unpaired) electrons. The maximum Gasteiger partial charge on any atom is 0.417 e. The van der Waals surface area contributed by atoms with Crippen molar-refractivity contribution < 1.29 is 22.8 Å². The Morgan fingerprint density at radius 1 is 1.08 bits per heavy atom. The van der Waals surface area contributed by atoms with E-state index < -0.39 is 35.2 Å². The average Bonchev–Trinajstić information content (AvgIpc) is 2.55. The molecule has 0 bridgehead atoms. The van der Waals surface area contributed by atoms with Crippen LogP contribution in [0, 0.1) is 3.57 Å². The number of carbonyl (C=O) groups excluding carboxylic acids is 2. The molecule has 0 aliphatic heterocycles. The number of nitrogens with one attached hydrogen (secondary N) is 1. The van der Waals surface area contributed by atoms with E-state index in [9.17, 15) is 22.8 Å². The second kappa shape index (κ2) is 7.85. The van der Waals surface area contributed by atoms with Crippen LogP contribution in [-0.4, -0.2) is 17.9 Å². The van der Waals surface area contributed by atoms with Crippen LogP contribution in [0.5, 0.6) is 0 Å². The van der Waals surface area contributed by atoms with E-state index in [4.69, 9.17) is 5.73 Å². The Hall–Kier alpha value is -2.10. The molecular weight excluding hydrogens is 448 g/mol. The topological polar surface area (TPSA) is 72.2 Å². The average molecular weight is 462 g/mol. The number of rotatable bonds is 5. The summed E-state index contributed by atoms with van der Waals surface area (Å²) in [5, 5.41) is 2.29. The molecule has 0 aromatic heterocycles. The zero-order chi connectivity index (χ0) is 18.6. The lowest BCUT2D eigenvalue weighted by Crippen LogP contribution is -2.46. The predicted octanol–water partition coefficient (Wildman–Crippen LogP) is 3.14. The van der Waals surface area contributed by atoms with Crippen molar-refractivity contribution in [3.05, 3.63) is 68.8 Å². The van der Waals surface area contributed by atoms with Crippen LogP contribution in [0.25, 0.3) is 0 Å². The molecule has 0 unspecified atom stereocenters. The van der Waals surface area contributed by atoms with E-state index in [1.54, 1.807) is 12.1 Å². The van der Waals surface area contributed by atoms with Gasteiger partial charge >= 0.3 is 6.18 Å². The van der Waals surface area contributed by atoms with E-state index in [-0.39, 0.29) is 6.42 Å². The van der Waals surface area contributed by atoms with E-state index in [1.807, 2.05) is 12.1 Å². The summed E-state index contributed by atoms with van der Waals surface area (Å²) in [5.41, 5.74) is 4.40. The maximum atomic E-state index is 13.0. The van der Waals surface area contributed by atoms with E-state index in [0.29, 0.717) is 0 Å². The highest BCUT2D eigenvalue weighted by atomic mass is 127. The second-order valence-corrected chi connectivity index (χ2v) is 6.55. The van der Waals surface area contributed by atoms with E-state index in [0.717, 1.165) is 21.3 Å². The second-order valence-electron chi connectivity index (χ2n) is 5.30. The number of hydrogen-bond acceptors (Lipinski definition) is 2. The van der Waals surface area contributed by atoms with Crippen molar-refractivity contribution in [1.82, 2.24) is 5.32 Å². The van der Waals surface area contributed by atoms with Gasteiger partial charge in [0.05, 0.1) is 11.1 Å². The minimum Gasteiger partial charge on any atom is -0.368 e. The number of hydrogen-bond donors (Lipinski definition) is 2. The summed E-state index contributed by atoms with van der Waals surface area (Å²) in [6.45, 7) is 0. The fraction of sp³-hybridized carbons (Fsp3) is 0.176. The molecule has 0 saturated carbocycles. The van der Waals surface area contributed by atoms with Gasteiger partial charge in [0.1, 0.15) is 6.04 Å². The lowest BCUT2D eigenvalue weighted by molar-refractivity contribution is -0.137. The molecule has 132 valence electrons. The Morgan fingerprint density at radius 3 is 2.24 bits per heavy atom. The summed E-state index contributed by atoms with van der Waals surface area (Å²) < 4.78 is 40.0. The molecule has 3 N–H and O–H groups in total.